The summed E-state index contributed by atoms with van der Waals surface area (Å²) in [6, 6.07) is 1.20. The van der Waals surface area contributed by atoms with Gasteiger partial charge in [-0.3, -0.25) is 0 Å². The lowest BCUT2D eigenvalue weighted by Crippen LogP contribution is -2.22. The first-order chi connectivity index (χ1) is 7.35. The highest BCUT2D eigenvalue weighted by atomic mass is 28.2. The molecule has 1 atom stereocenters. The summed E-state index contributed by atoms with van der Waals surface area (Å²) in [4.78, 5) is 0. The van der Waals surface area contributed by atoms with Crippen molar-refractivity contribution in [3.8, 4) is 0 Å². The number of methoxy groups -OCH3 is 2. The van der Waals surface area contributed by atoms with Crippen LogP contribution in [0.4, 0.5) is 0 Å². The molecule has 0 saturated carbocycles. The molecule has 0 saturated heterocycles. The number of hydrogen-bond donors (Lipinski definition) is 0. The minimum absolute atomic E-state index is 0.0647. The van der Waals surface area contributed by atoms with Gasteiger partial charge in [0, 0.05) is 14.2 Å². The molecular formula is C11H25O3Si. The Kier molecular flexibility index (Phi) is 12.2. The van der Waals surface area contributed by atoms with Crippen molar-refractivity contribution in [2.45, 2.75) is 51.4 Å². The van der Waals surface area contributed by atoms with Gasteiger partial charge in [0.05, 0.1) is 6.61 Å². The van der Waals surface area contributed by atoms with Crippen molar-refractivity contribution >= 4 is 9.76 Å². The van der Waals surface area contributed by atoms with Gasteiger partial charge in [0.1, 0.15) is 0 Å². The molecule has 4 heteroatoms. The van der Waals surface area contributed by atoms with E-state index in [1.807, 2.05) is 0 Å². The second kappa shape index (κ2) is 12.2. The Bertz CT molecular complexity index is 122. The van der Waals surface area contributed by atoms with Gasteiger partial charge >= 0.3 is 0 Å². The molecule has 0 aliphatic heterocycles. The van der Waals surface area contributed by atoms with Gasteiger partial charge in [-0.05, 0) is 6.04 Å². The van der Waals surface area contributed by atoms with Gasteiger partial charge < -0.3 is 13.9 Å². The van der Waals surface area contributed by atoms with Gasteiger partial charge in [-0.1, -0.05) is 39.0 Å². The molecule has 0 bridgehead atoms. The van der Waals surface area contributed by atoms with Crippen LogP contribution in [0.1, 0.15) is 39.0 Å². The first kappa shape index (κ1) is 15.1. The zero-order valence-corrected chi connectivity index (χ0v) is 11.5. The topological polar surface area (TPSA) is 27.7 Å². The third kappa shape index (κ3) is 10.4. The summed E-state index contributed by atoms with van der Waals surface area (Å²) in [5.41, 5.74) is 0. The fraction of sp³-hybridized carbons (Fsp3) is 1.00. The highest BCUT2D eigenvalue weighted by molar-refractivity contribution is 6.27. The first-order valence-electron chi connectivity index (χ1n) is 5.84. The summed E-state index contributed by atoms with van der Waals surface area (Å²) in [6.07, 6.45) is 6.50. The van der Waals surface area contributed by atoms with Crippen molar-refractivity contribution in [1.29, 1.82) is 0 Å². The SMILES string of the molecule is CCCCCCC[SiH]OC(COC)OC. The molecule has 91 valence electrons. The average Bonchev–Trinajstić information content (AvgIpc) is 2.26. The van der Waals surface area contributed by atoms with E-state index in [9.17, 15) is 0 Å². The Morgan fingerprint density at radius 3 is 2.40 bits per heavy atom. The van der Waals surface area contributed by atoms with Crippen molar-refractivity contribution in [1.82, 2.24) is 0 Å². The Hall–Kier alpha value is 0.0969. The van der Waals surface area contributed by atoms with Crippen molar-refractivity contribution in [3.05, 3.63) is 0 Å². The van der Waals surface area contributed by atoms with Crippen LogP contribution < -0.4 is 0 Å². The zero-order chi connectivity index (χ0) is 11.4. The van der Waals surface area contributed by atoms with Gasteiger partial charge in [0.2, 0.25) is 0 Å². The molecule has 0 aromatic carbocycles. The third-order valence-electron chi connectivity index (χ3n) is 2.24. The van der Waals surface area contributed by atoms with E-state index in [1.54, 1.807) is 14.2 Å². The van der Waals surface area contributed by atoms with Crippen LogP contribution >= 0.6 is 0 Å². The molecule has 0 aromatic rings. The second-order valence-electron chi connectivity index (χ2n) is 3.63. The maximum Gasteiger partial charge on any atom is 0.196 e. The Balaban J connectivity index is 3.14. The highest BCUT2D eigenvalue weighted by Crippen LogP contribution is 2.05. The molecule has 0 spiro atoms. The van der Waals surface area contributed by atoms with Crippen LogP contribution in [0.2, 0.25) is 6.04 Å². The summed E-state index contributed by atoms with van der Waals surface area (Å²) < 4.78 is 15.7. The van der Waals surface area contributed by atoms with Crippen molar-refractivity contribution in [2.24, 2.45) is 0 Å². The minimum Gasteiger partial charge on any atom is -0.395 e. The molecule has 3 nitrogen and oxygen atoms in total. The summed E-state index contributed by atoms with van der Waals surface area (Å²) in [6.45, 7) is 2.77. The number of unbranched alkanes of at least 4 members (excludes halogenated alkanes) is 4. The Morgan fingerprint density at radius 2 is 1.80 bits per heavy atom. The van der Waals surface area contributed by atoms with Gasteiger partial charge in [-0.25, -0.2) is 0 Å². The van der Waals surface area contributed by atoms with Crippen molar-refractivity contribution in [3.63, 3.8) is 0 Å². The molecule has 0 N–H and O–H groups in total. The molecule has 1 unspecified atom stereocenters. The van der Waals surface area contributed by atoms with E-state index in [0.717, 1.165) is 0 Å². The standard InChI is InChI=1S/C11H25O3Si/c1-4-5-6-7-8-9-15-14-11(13-3)10-12-2/h11,15H,4-10H2,1-3H3. The molecule has 15 heavy (non-hydrogen) atoms. The number of ether oxygens (including phenoxy) is 2. The molecule has 0 aliphatic carbocycles. The zero-order valence-electron chi connectivity index (χ0n) is 10.3. The van der Waals surface area contributed by atoms with Crippen LogP contribution in [-0.2, 0) is 13.9 Å². The fourth-order valence-electron chi connectivity index (χ4n) is 1.31. The molecular weight excluding hydrogens is 208 g/mol. The molecule has 0 amide bonds. The molecule has 0 heterocycles. The Labute approximate surface area is 96.4 Å². The minimum atomic E-state index is -0.166. The van der Waals surface area contributed by atoms with Gasteiger partial charge in [-0.2, -0.15) is 0 Å². The van der Waals surface area contributed by atoms with Gasteiger partial charge in [0.25, 0.3) is 0 Å². The van der Waals surface area contributed by atoms with Gasteiger partial charge in [0.15, 0.2) is 16.1 Å². The summed E-state index contributed by atoms with van der Waals surface area (Å²) in [5, 5.41) is 0. The van der Waals surface area contributed by atoms with Crippen LogP contribution in [0.5, 0.6) is 0 Å². The van der Waals surface area contributed by atoms with Crippen molar-refractivity contribution in [2.75, 3.05) is 20.8 Å². The first-order valence-corrected chi connectivity index (χ1v) is 7.12. The van der Waals surface area contributed by atoms with Crippen LogP contribution in [0.25, 0.3) is 0 Å². The lowest BCUT2D eigenvalue weighted by atomic mass is 10.2. The summed E-state index contributed by atoms with van der Waals surface area (Å²) in [7, 11) is 3.38. The summed E-state index contributed by atoms with van der Waals surface area (Å²) in [5.74, 6) is 0. The summed E-state index contributed by atoms with van der Waals surface area (Å²) >= 11 is 0. The van der Waals surface area contributed by atoms with Gasteiger partial charge in [-0.15, -0.1) is 0 Å². The monoisotopic (exact) mass is 233 g/mol. The van der Waals surface area contributed by atoms with E-state index in [1.165, 1.54) is 38.1 Å². The number of rotatable bonds is 11. The lowest BCUT2D eigenvalue weighted by Gasteiger charge is -2.14. The molecule has 0 aromatic heterocycles. The predicted octanol–water partition coefficient (Wildman–Crippen LogP) is 2.36. The van der Waals surface area contributed by atoms with Crippen LogP contribution in [0, 0.1) is 0 Å². The smallest absolute Gasteiger partial charge is 0.196 e. The maximum absolute atomic E-state index is 5.57. The van der Waals surface area contributed by atoms with E-state index in [-0.39, 0.29) is 16.1 Å². The van der Waals surface area contributed by atoms with E-state index in [4.69, 9.17) is 13.9 Å². The van der Waals surface area contributed by atoms with E-state index in [2.05, 4.69) is 6.92 Å². The highest BCUT2D eigenvalue weighted by Gasteiger charge is 2.05. The van der Waals surface area contributed by atoms with Crippen LogP contribution in [0.3, 0.4) is 0 Å². The molecule has 0 fully saturated rings. The van der Waals surface area contributed by atoms with Crippen LogP contribution in [-0.4, -0.2) is 36.9 Å². The largest absolute Gasteiger partial charge is 0.395 e. The fourth-order valence-corrected chi connectivity index (χ4v) is 2.30. The van der Waals surface area contributed by atoms with E-state index < -0.39 is 0 Å². The molecule has 0 rings (SSSR count). The van der Waals surface area contributed by atoms with Crippen molar-refractivity contribution < 1.29 is 13.9 Å². The number of hydrogen-bond acceptors (Lipinski definition) is 3. The van der Waals surface area contributed by atoms with E-state index >= 15 is 0 Å². The Morgan fingerprint density at radius 1 is 1.07 bits per heavy atom. The second-order valence-corrected chi connectivity index (χ2v) is 4.81. The normalized spacial score (nSPS) is 13.0. The van der Waals surface area contributed by atoms with Crippen LogP contribution in [0.15, 0.2) is 0 Å². The molecule has 0 aliphatic rings. The predicted molar refractivity (Wildman–Crippen MR) is 64.5 cm³/mol. The maximum atomic E-state index is 5.57. The lowest BCUT2D eigenvalue weighted by molar-refractivity contribution is -0.0928. The molecule has 1 radical (unpaired) electrons. The van der Waals surface area contributed by atoms with E-state index in [0.29, 0.717) is 6.61 Å². The average molecular weight is 233 g/mol. The third-order valence-corrected chi connectivity index (χ3v) is 3.38. The quantitative estimate of drug-likeness (QED) is 0.311.